The molecule has 1 aromatic heterocycles. The first-order chi connectivity index (χ1) is 6.99. The van der Waals surface area contributed by atoms with Crippen LogP contribution in [0, 0.1) is 0 Å². The molecule has 0 aromatic carbocycles. The van der Waals surface area contributed by atoms with Gasteiger partial charge in [0.1, 0.15) is 5.02 Å². The third-order valence-corrected chi connectivity index (χ3v) is 2.05. The average Bonchev–Trinajstić information content (AvgIpc) is 2.42. The molecule has 1 aromatic rings. The number of aryl methyl sites for hydroxylation is 1. The van der Waals surface area contributed by atoms with E-state index in [0.29, 0.717) is 23.8 Å². The van der Waals surface area contributed by atoms with E-state index in [9.17, 15) is 4.79 Å². The van der Waals surface area contributed by atoms with Gasteiger partial charge in [-0.1, -0.05) is 11.6 Å². The zero-order valence-electron chi connectivity index (χ0n) is 8.83. The number of halogens is 1. The zero-order chi connectivity index (χ0) is 11.4. The lowest BCUT2D eigenvalue weighted by Gasteiger charge is -2.07. The molecule has 1 heterocycles. The largest absolute Gasteiger partial charge is 0.381 e. The molecule has 0 aliphatic rings. The Kier molecular flexibility index (Phi) is 3.96. The molecule has 15 heavy (non-hydrogen) atoms. The van der Waals surface area contributed by atoms with Crippen LogP contribution in [0.5, 0.6) is 0 Å². The van der Waals surface area contributed by atoms with Gasteiger partial charge in [0.25, 0.3) is 0 Å². The SMILES string of the molecule is CC(C)NC(=O)CCn1cc(Cl)c(N)n1. The second kappa shape index (κ2) is 5.02. The fourth-order valence-electron chi connectivity index (χ4n) is 1.14. The summed E-state index contributed by atoms with van der Waals surface area (Å²) in [5.74, 6) is 0.288. The number of amides is 1. The number of nitrogen functional groups attached to an aromatic ring is 1. The molecular formula is C9H15ClN4O. The highest BCUT2D eigenvalue weighted by Crippen LogP contribution is 2.15. The third-order valence-electron chi connectivity index (χ3n) is 1.76. The van der Waals surface area contributed by atoms with Gasteiger partial charge in [-0.2, -0.15) is 5.10 Å². The van der Waals surface area contributed by atoms with Gasteiger partial charge in [0.15, 0.2) is 5.82 Å². The number of hydrogen-bond donors (Lipinski definition) is 2. The highest BCUT2D eigenvalue weighted by atomic mass is 35.5. The van der Waals surface area contributed by atoms with E-state index >= 15 is 0 Å². The van der Waals surface area contributed by atoms with E-state index < -0.39 is 0 Å². The topological polar surface area (TPSA) is 72.9 Å². The highest BCUT2D eigenvalue weighted by molar-refractivity contribution is 6.32. The van der Waals surface area contributed by atoms with Crippen LogP contribution in [0.1, 0.15) is 20.3 Å². The minimum absolute atomic E-state index is 0.00445. The summed E-state index contributed by atoms with van der Waals surface area (Å²) in [5, 5.41) is 7.15. The number of nitrogens with two attached hydrogens (primary N) is 1. The molecule has 0 fully saturated rings. The first kappa shape index (κ1) is 11.8. The van der Waals surface area contributed by atoms with Gasteiger partial charge in [-0.3, -0.25) is 9.48 Å². The number of carbonyl (C=O) groups excluding carboxylic acids is 1. The minimum Gasteiger partial charge on any atom is -0.381 e. The lowest BCUT2D eigenvalue weighted by Crippen LogP contribution is -2.30. The molecule has 0 atom stereocenters. The molecule has 3 N–H and O–H groups in total. The minimum atomic E-state index is -0.00445. The molecule has 0 saturated carbocycles. The summed E-state index contributed by atoms with van der Waals surface area (Å²) in [4.78, 5) is 11.3. The molecule has 0 aliphatic carbocycles. The second-order valence-corrected chi connectivity index (χ2v) is 4.00. The van der Waals surface area contributed by atoms with Crippen molar-refractivity contribution < 1.29 is 4.79 Å². The van der Waals surface area contributed by atoms with Gasteiger partial charge in [-0.15, -0.1) is 0 Å². The number of hydrogen-bond acceptors (Lipinski definition) is 3. The maximum absolute atomic E-state index is 11.3. The van der Waals surface area contributed by atoms with Crippen LogP contribution >= 0.6 is 11.6 Å². The number of nitrogens with zero attached hydrogens (tertiary/aromatic N) is 2. The van der Waals surface area contributed by atoms with Crippen LogP contribution in [0.4, 0.5) is 5.82 Å². The Hall–Kier alpha value is -1.23. The van der Waals surface area contributed by atoms with Gasteiger partial charge in [0.2, 0.25) is 5.91 Å². The summed E-state index contributed by atoms with van der Waals surface area (Å²) < 4.78 is 1.57. The fraction of sp³-hybridized carbons (Fsp3) is 0.556. The zero-order valence-corrected chi connectivity index (χ0v) is 9.58. The molecule has 1 amide bonds. The Bertz CT molecular complexity index is 328. The van der Waals surface area contributed by atoms with Crippen molar-refractivity contribution in [3.63, 3.8) is 0 Å². The lowest BCUT2D eigenvalue weighted by molar-refractivity contribution is -0.121. The molecule has 0 spiro atoms. The lowest BCUT2D eigenvalue weighted by atomic mass is 10.3. The molecule has 5 nitrogen and oxygen atoms in total. The molecule has 6 heteroatoms. The van der Waals surface area contributed by atoms with Crippen molar-refractivity contribution in [1.82, 2.24) is 15.1 Å². The van der Waals surface area contributed by atoms with Gasteiger partial charge in [0, 0.05) is 25.2 Å². The second-order valence-electron chi connectivity index (χ2n) is 3.60. The van der Waals surface area contributed by atoms with Crippen molar-refractivity contribution in [2.75, 3.05) is 5.73 Å². The molecule has 0 saturated heterocycles. The number of anilines is 1. The normalized spacial score (nSPS) is 10.7. The molecule has 0 bridgehead atoms. The average molecular weight is 231 g/mol. The standard InChI is InChI=1S/C9H15ClN4O/c1-6(2)12-8(15)3-4-14-5-7(10)9(11)13-14/h5-6H,3-4H2,1-2H3,(H2,11,13)(H,12,15). The maximum atomic E-state index is 11.3. The summed E-state index contributed by atoms with van der Waals surface area (Å²) >= 11 is 5.72. The Balaban J connectivity index is 2.40. The van der Waals surface area contributed by atoms with Crippen LogP contribution in [-0.2, 0) is 11.3 Å². The predicted molar refractivity (Wildman–Crippen MR) is 59.5 cm³/mol. The van der Waals surface area contributed by atoms with E-state index in [0.717, 1.165) is 0 Å². The summed E-state index contributed by atoms with van der Waals surface area (Å²) in [5.41, 5.74) is 5.46. The quantitative estimate of drug-likeness (QED) is 0.812. The molecule has 84 valence electrons. The van der Waals surface area contributed by atoms with Crippen LogP contribution in [-0.4, -0.2) is 21.7 Å². The van der Waals surface area contributed by atoms with E-state index in [1.165, 1.54) is 0 Å². The Morgan fingerprint density at radius 2 is 2.40 bits per heavy atom. The molecule has 1 rings (SSSR count). The smallest absolute Gasteiger partial charge is 0.222 e. The van der Waals surface area contributed by atoms with Gasteiger partial charge < -0.3 is 11.1 Å². The van der Waals surface area contributed by atoms with Gasteiger partial charge >= 0.3 is 0 Å². The summed E-state index contributed by atoms with van der Waals surface area (Å²) in [6.07, 6.45) is 1.98. The van der Waals surface area contributed by atoms with Crippen LogP contribution in [0.3, 0.4) is 0 Å². The highest BCUT2D eigenvalue weighted by Gasteiger charge is 2.06. The van der Waals surface area contributed by atoms with Crippen molar-refractivity contribution in [3.8, 4) is 0 Å². The first-order valence-electron chi connectivity index (χ1n) is 4.77. The van der Waals surface area contributed by atoms with Gasteiger partial charge in [-0.05, 0) is 13.8 Å². The monoisotopic (exact) mass is 230 g/mol. The summed E-state index contributed by atoms with van der Waals surface area (Å²) in [6, 6.07) is 0.156. The van der Waals surface area contributed by atoms with Crippen molar-refractivity contribution in [1.29, 1.82) is 0 Å². The third kappa shape index (κ3) is 3.79. The van der Waals surface area contributed by atoms with E-state index in [-0.39, 0.29) is 11.9 Å². The molecule has 0 radical (unpaired) electrons. The van der Waals surface area contributed by atoms with Gasteiger partial charge in [-0.25, -0.2) is 0 Å². The molecular weight excluding hydrogens is 216 g/mol. The van der Waals surface area contributed by atoms with Crippen molar-refractivity contribution >= 4 is 23.3 Å². The van der Waals surface area contributed by atoms with Crippen LogP contribution in [0.25, 0.3) is 0 Å². The van der Waals surface area contributed by atoms with Crippen molar-refractivity contribution in [3.05, 3.63) is 11.2 Å². The Morgan fingerprint density at radius 3 is 2.87 bits per heavy atom. The van der Waals surface area contributed by atoms with Crippen LogP contribution in [0.2, 0.25) is 5.02 Å². The Labute approximate surface area is 93.6 Å². The van der Waals surface area contributed by atoms with Crippen molar-refractivity contribution in [2.45, 2.75) is 32.9 Å². The summed E-state index contributed by atoms with van der Waals surface area (Å²) in [7, 11) is 0. The number of carbonyl (C=O) groups is 1. The first-order valence-corrected chi connectivity index (χ1v) is 5.14. The number of nitrogens with one attached hydrogen (secondary N) is 1. The van der Waals surface area contributed by atoms with E-state index in [1.807, 2.05) is 13.8 Å². The molecule has 0 aliphatic heterocycles. The van der Waals surface area contributed by atoms with Crippen LogP contribution < -0.4 is 11.1 Å². The van der Waals surface area contributed by atoms with Crippen molar-refractivity contribution in [2.24, 2.45) is 0 Å². The number of rotatable bonds is 4. The predicted octanol–water partition coefficient (Wildman–Crippen LogP) is 1.03. The number of aromatic nitrogens is 2. The van der Waals surface area contributed by atoms with Crippen LogP contribution in [0.15, 0.2) is 6.20 Å². The van der Waals surface area contributed by atoms with E-state index in [4.69, 9.17) is 17.3 Å². The van der Waals surface area contributed by atoms with E-state index in [1.54, 1.807) is 10.9 Å². The Morgan fingerprint density at radius 1 is 1.73 bits per heavy atom. The van der Waals surface area contributed by atoms with Gasteiger partial charge in [0.05, 0.1) is 0 Å². The fourth-order valence-corrected chi connectivity index (χ4v) is 1.29. The molecule has 0 unspecified atom stereocenters. The van der Waals surface area contributed by atoms with E-state index in [2.05, 4.69) is 10.4 Å². The summed E-state index contributed by atoms with van der Waals surface area (Å²) in [6.45, 7) is 4.32. The maximum Gasteiger partial charge on any atom is 0.222 e.